The van der Waals surface area contributed by atoms with Crippen LogP contribution < -0.4 is 21.9 Å². The van der Waals surface area contributed by atoms with Gasteiger partial charge in [0.2, 0.25) is 0 Å². The number of halogens is 1. The maximum Gasteiger partial charge on any atom is 0.284 e. The van der Waals surface area contributed by atoms with E-state index in [2.05, 4.69) is 78.9 Å². The number of anilines is 2. The van der Waals surface area contributed by atoms with Crippen molar-refractivity contribution >= 4 is 11.5 Å². The molecule has 0 radical (unpaired) electrons. The van der Waals surface area contributed by atoms with Crippen molar-refractivity contribution in [2.75, 3.05) is 11.4 Å². The van der Waals surface area contributed by atoms with Gasteiger partial charge in [0, 0.05) is 5.56 Å². The average Bonchev–Trinajstić information content (AvgIpc) is 2.42. The third-order valence-electron chi connectivity index (χ3n) is 3.22. The van der Waals surface area contributed by atoms with Gasteiger partial charge < -0.3 is 12.4 Å². The number of benzene rings is 1. The Labute approximate surface area is 122 Å². The summed E-state index contributed by atoms with van der Waals surface area (Å²) >= 11 is 0. The van der Waals surface area contributed by atoms with Crippen LogP contribution in [0.4, 0.5) is 11.5 Å². The van der Waals surface area contributed by atoms with Crippen LogP contribution >= 0.6 is 0 Å². The van der Waals surface area contributed by atoms with Crippen LogP contribution in [0, 0.1) is 6.92 Å². The van der Waals surface area contributed by atoms with E-state index in [1.54, 1.807) is 0 Å². The van der Waals surface area contributed by atoms with Crippen molar-refractivity contribution in [3.63, 3.8) is 0 Å². The van der Waals surface area contributed by atoms with Gasteiger partial charge in [-0.25, -0.2) is 9.47 Å². The van der Waals surface area contributed by atoms with Crippen molar-refractivity contribution in [2.24, 2.45) is 0 Å². The molecule has 0 N–H and O–H groups in total. The SMILES string of the molecule is CCN(c1ccccc1)c1c(C)ccc[n+]1CC.[Cl-]. The summed E-state index contributed by atoms with van der Waals surface area (Å²) in [5, 5.41) is 0. The fourth-order valence-electron chi connectivity index (χ4n) is 2.35. The summed E-state index contributed by atoms with van der Waals surface area (Å²) in [5.74, 6) is 1.29. The van der Waals surface area contributed by atoms with E-state index in [0.29, 0.717) is 0 Å². The van der Waals surface area contributed by atoms with Crippen LogP contribution in [0.3, 0.4) is 0 Å². The van der Waals surface area contributed by atoms with Crippen LogP contribution in [-0.2, 0) is 6.54 Å². The van der Waals surface area contributed by atoms with Crippen LogP contribution in [0.5, 0.6) is 0 Å². The smallest absolute Gasteiger partial charge is 0.284 e. The highest BCUT2D eigenvalue weighted by Crippen LogP contribution is 2.24. The summed E-state index contributed by atoms with van der Waals surface area (Å²) in [4.78, 5) is 2.36. The Kier molecular flexibility index (Phi) is 5.84. The quantitative estimate of drug-likeness (QED) is 0.737. The molecular weight excluding hydrogens is 256 g/mol. The van der Waals surface area contributed by atoms with Crippen molar-refractivity contribution in [3.8, 4) is 0 Å². The van der Waals surface area contributed by atoms with Crippen molar-refractivity contribution in [2.45, 2.75) is 27.3 Å². The summed E-state index contributed by atoms with van der Waals surface area (Å²) in [5.41, 5.74) is 2.56. The molecule has 1 aromatic carbocycles. The Morgan fingerprint density at radius 1 is 1.00 bits per heavy atom. The maximum absolute atomic E-state index is 2.36. The highest BCUT2D eigenvalue weighted by atomic mass is 35.5. The zero-order valence-corrected chi connectivity index (χ0v) is 12.6. The topological polar surface area (TPSA) is 7.12 Å². The van der Waals surface area contributed by atoms with E-state index in [9.17, 15) is 0 Å². The van der Waals surface area contributed by atoms with Crippen molar-refractivity contribution in [1.82, 2.24) is 0 Å². The number of nitrogens with zero attached hydrogens (tertiary/aromatic N) is 2. The Balaban J connectivity index is 0.00000180. The molecule has 0 saturated heterocycles. The van der Waals surface area contributed by atoms with Gasteiger partial charge in [0.05, 0.1) is 19.3 Å². The molecule has 19 heavy (non-hydrogen) atoms. The predicted octanol–water partition coefficient (Wildman–Crippen LogP) is 0.464. The minimum atomic E-state index is 0. The first-order valence-corrected chi connectivity index (χ1v) is 6.59. The Bertz CT molecular complexity index is 511. The second kappa shape index (κ2) is 7.15. The molecule has 0 fully saturated rings. The molecule has 2 rings (SSSR count). The third-order valence-corrected chi connectivity index (χ3v) is 3.22. The molecule has 0 aliphatic rings. The first-order chi connectivity index (χ1) is 8.77. The lowest BCUT2D eigenvalue weighted by Gasteiger charge is -2.19. The largest absolute Gasteiger partial charge is 1.00 e. The highest BCUT2D eigenvalue weighted by molar-refractivity contribution is 5.60. The van der Waals surface area contributed by atoms with Gasteiger partial charge in [-0.15, -0.1) is 0 Å². The van der Waals surface area contributed by atoms with Crippen LogP contribution in [0.25, 0.3) is 0 Å². The second-order valence-corrected chi connectivity index (χ2v) is 4.38. The number of hydrogen-bond donors (Lipinski definition) is 0. The molecule has 0 aliphatic heterocycles. The van der Waals surface area contributed by atoms with Crippen molar-refractivity contribution in [1.29, 1.82) is 0 Å². The summed E-state index contributed by atoms with van der Waals surface area (Å²) in [6.45, 7) is 8.50. The summed E-state index contributed by atoms with van der Waals surface area (Å²) in [6.07, 6.45) is 2.15. The lowest BCUT2D eigenvalue weighted by atomic mass is 10.2. The number of aromatic nitrogens is 1. The number of aryl methyl sites for hydroxylation is 2. The van der Waals surface area contributed by atoms with Gasteiger partial charge in [-0.05, 0) is 45.0 Å². The van der Waals surface area contributed by atoms with E-state index in [0.717, 1.165) is 13.1 Å². The molecule has 0 unspecified atom stereocenters. The fraction of sp³-hybridized carbons (Fsp3) is 0.312. The van der Waals surface area contributed by atoms with E-state index >= 15 is 0 Å². The van der Waals surface area contributed by atoms with Gasteiger partial charge in [0.15, 0.2) is 0 Å². The normalized spacial score (nSPS) is 9.84. The monoisotopic (exact) mass is 276 g/mol. The molecule has 0 aliphatic carbocycles. The van der Waals surface area contributed by atoms with Crippen LogP contribution in [0.2, 0.25) is 0 Å². The van der Waals surface area contributed by atoms with Gasteiger partial charge in [-0.1, -0.05) is 18.2 Å². The maximum atomic E-state index is 2.36. The highest BCUT2D eigenvalue weighted by Gasteiger charge is 2.21. The molecule has 0 bridgehead atoms. The standard InChI is InChI=1S/C16H21N2.ClH/c1-4-17-13-9-10-14(3)16(17)18(5-2)15-11-7-6-8-12-15;/h6-13H,4-5H2,1-3H3;1H/q+1;/p-1. The number of pyridine rings is 1. The summed E-state index contributed by atoms with van der Waals surface area (Å²) < 4.78 is 2.30. The van der Waals surface area contributed by atoms with Gasteiger partial charge >= 0.3 is 0 Å². The number of rotatable bonds is 4. The van der Waals surface area contributed by atoms with E-state index in [4.69, 9.17) is 0 Å². The molecule has 0 amide bonds. The lowest BCUT2D eigenvalue weighted by molar-refractivity contribution is -0.681. The van der Waals surface area contributed by atoms with E-state index in [1.807, 2.05) is 0 Å². The molecular formula is C16H21ClN2. The molecule has 0 saturated carbocycles. The molecule has 2 aromatic rings. The van der Waals surface area contributed by atoms with Gasteiger partial charge in [-0.2, -0.15) is 0 Å². The van der Waals surface area contributed by atoms with Gasteiger partial charge in [0.25, 0.3) is 5.82 Å². The van der Waals surface area contributed by atoms with Crippen molar-refractivity contribution in [3.05, 3.63) is 54.2 Å². The number of para-hydroxylation sites is 1. The van der Waals surface area contributed by atoms with E-state index < -0.39 is 0 Å². The summed E-state index contributed by atoms with van der Waals surface area (Å²) in [7, 11) is 0. The van der Waals surface area contributed by atoms with Gasteiger partial charge in [-0.3, -0.25) is 0 Å². The first-order valence-electron chi connectivity index (χ1n) is 6.59. The fourth-order valence-corrected chi connectivity index (χ4v) is 2.35. The first kappa shape index (κ1) is 15.5. The lowest BCUT2D eigenvalue weighted by Crippen LogP contribution is -3.00. The van der Waals surface area contributed by atoms with E-state index in [-0.39, 0.29) is 12.4 Å². The Morgan fingerprint density at radius 3 is 2.26 bits per heavy atom. The second-order valence-electron chi connectivity index (χ2n) is 4.38. The summed E-state index contributed by atoms with van der Waals surface area (Å²) in [6, 6.07) is 14.8. The van der Waals surface area contributed by atoms with Crippen molar-refractivity contribution < 1.29 is 17.0 Å². The zero-order chi connectivity index (χ0) is 13.0. The molecule has 3 heteroatoms. The minimum Gasteiger partial charge on any atom is -1.00 e. The molecule has 0 atom stereocenters. The van der Waals surface area contributed by atoms with Crippen LogP contribution in [0.15, 0.2) is 48.7 Å². The Morgan fingerprint density at radius 2 is 1.68 bits per heavy atom. The van der Waals surface area contributed by atoms with Crippen LogP contribution in [0.1, 0.15) is 19.4 Å². The number of hydrogen-bond acceptors (Lipinski definition) is 1. The predicted molar refractivity (Wildman–Crippen MR) is 76.2 cm³/mol. The van der Waals surface area contributed by atoms with E-state index in [1.165, 1.54) is 17.1 Å². The molecule has 0 spiro atoms. The molecule has 102 valence electrons. The Hall–Kier alpha value is -1.54. The third kappa shape index (κ3) is 3.27. The molecule has 2 nitrogen and oxygen atoms in total. The van der Waals surface area contributed by atoms with Gasteiger partial charge in [0.1, 0.15) is 5.69 Å². The van der Waals surface area contributed by atoms with Crippen LogP contribution in [-0.4, -0.2) is 6.54 Å². The minimum absolute atomic E-state index is 0. The molecule has 1 heterocycles. The molecule has 1 aromatic heterocycles. The average molecular weight is 277 g/mol. The zero-order valence-electron chi connectivity index (χ0n) is 11.8.